The fourth-order valence-corrected chi connectivity index (χ4v) is 2.61. The van der Waals surface area contributed by atoms with Gasteiger partial charge in [0.05, 0.1) is 16.6 Å². The molecule has 4 nitrogen and oxygen atoms in total. The van der Waals surface area contributed by atoms with Crippen LogP contribution in [0.1, 0.15) is 16.7 Å². The van der Waals surface area contributed by atoms with Crippen molar-refractivity contribution in [3.8, 4) is 5.69 Å². The zero-order valence-corrected chi connectivity index (χ0v) is 12.3. The summed E-state index contributed by atoms with van der Waals surface area (Å²) in [7, 11) is 0. The molecule has 0 unspecified atom stereocenters. The van der Waals surface area contributed by atoms with Crippen LogP contribution in [0.5, 0.6) is 0 Å². The molecule has 4 heteroatoms. The van der Waals surface area contributed by atoms with E-state index in [1.54, 1.807) is 0 Å². The molecule has 3 aromatic rings. The van der Waals surface area contributed by atoms with E-state index in [0.29, 0.717) is 10.9 Å². The molecule has 0 fully saturated rings. The molecule has 0 spiro atoms. The maximum absolute atomic E-state index is 12.8. The van der Waals surface area contributed by atoms with E-state index < -0.39 is 0 Å². The fourth-order valence-electron chi connectivity index (χ4n) is 2.61. The van der Waals surface area contributed by atoms with Gasteiger partial charge in [-0.2, -0.15) is 0 Å². The summed E-state index contributed by atoms with van der Waals surface area (Å²) < 4.78 is 1.48. The minimum absolute atomic E-state index is 0.131. The number of aryl methyl sites for hydroxylation is 3. The van der Waals surface area contributed by atoms with E-state index >= 15 is 0 Å². The van der Waals surface area contributed by atoms with Crippen molar-refractivity contribution < 1.29 is 0 Å². The van der Waals surface area contributed by atoms with Crippen LogP contribution in [0, 0.1) is 20.8 Å². The number of fused-ring (bicyclic) bond motifs is 1. The number of hydrogen-bond acceptors (Lipinski definition) is 3. The Balaban J connectivity index is 2.40. The van der Waals surface area contributed by atoms with Gasteiger partial charge in [0.1, 0.15) is 0 Å². The van der Waals surface area contributed by atoms with Crippen molar-refractivity contribution in [1.29, 1.82) is 0 Å². The van der Waals surface area contributed by atoms with Crippen molar-refractivity contribution in [2.75, 3.05) is 5.73 Å². The monoisotopic (exact) mass is 279 g/mol. The molecule has 0 saturated carbocycles. The predicted molar refractivity (Wildman–Crippen MR) is 86.0 cm³/mol. The van der Waals surface area contributed by atoms with Gasteiger partial charge in [-0.3, -0.25) is 4.79 Å². The summed E-state index contributed by atoms with van der Waals surface area (Å²) in [5.41, 5.74) is 10.5. The maximum atomic E-state index is 12.8. The summed E-state index contributed by atoms with van der Waals surface area (Å²) in [5.74, 6) is 0.211. The SMILES string of the molecule is Cc1ccc(-n2c(N)nc3ccc(C)cc3c2=O)c(C)c1. The second kappa shape index (κ2) is 4.74. The van der Waals surface area contributed by atoms with E-state index in [0.717, 1.165) is 22.4 Å². The molecule has 2 aromatic carbocycles. The van der Waals surface area contributed by atoms with Gasteiger partial charge in [0.15, 0.2) is 0 Å². The molecule has 0 aliphatic heterocycles. The molecular weight excluding hydrogens is 262 g/mol. The Labute approximate surface area is 122 Å². The van der Waals surface area contributed by atoms with Crippen molar-refractivity contribution in [2.45, 2.75) is 20.8 Å². The molecule has 21 heavy (non-hydrogen) atoms. The summed E-state index contributed by atoms with van der Waals surface area (Å²) in [6.07, 6.45) is 0. The van der Waals surface area contributed by atoms with Gasteiger partial charge in [-0.15, -0.1) is 0 Å². The van der Waals surface area contributed by atoms with Crippen LogP contribution in [-0.2, 0) is 0 Å². The predicted octanol–water partition coefficient (Wildman–Crippen LogP) is 2.89. The van der Waals surface area contributed by atoms with E-state index in [9.17, 15) is 4.79 Å². The molecule has 0 radical (unpaired) electrons. The first-order valence-electron chi connectivity index (χ1n) is 6.84. The van der Waals surface area contributed by atoms with Gasteiger partial charge in [0.2, 0.25) is 5.95 Å². The number of anilines is 1. The van der Waals surface area contributed by atoms with E-state index in [2.05, 4.69) is 4.98 Å². The standard InChI is InChI=1S/C17H17N3O/c1-10-5-7-15(12(3)8-10)20-16(21)13-9-11(2)4-6-14(13)19-17(20)18/h4-9H,1-3H3,(H2,18,19). The minimum atomic E-state index is -0.131. The highest BCUT2D eigenvalue weighted by Gasteiger charge is 2.12. The summed E-state index contributed by atoms with van der Waals surface area (Å²) >= 11 is 0. The van der Waals surface area contributed by atoms with Crippen LogP contribution in [-0.4, -0.2) is 9.55 Å². The number of nitrogens with two attached hydrogens (primary N) is 1. The van der Waals surface area contributed by atoms with Gasteiger partial charge in [-0.1, -0.05) is 29.3 Å². The Morgan fingerprint density at radius 1 is 1.00 bits per heavy atom. The first kappa shape index (κ1) is 13.4. The van der Waals surface area contributed by atoms with E-state index in [1.165, 1.54) is 4.57 Å². The van der Waals surface area contributed by atoms with Crippen molar-refractivity contribution in [3.63, 3.8) is 0 Å². The molecule has 0 aliphatic carbocycles. The fraction of sp³-hybridized carbons (Fsp3) is 0.176. The highest BCUT2D eigenvalue weighted by molar-refractivity contribution is 5.80. The van der Waals surface area contributed by atoms with Crippen molar-refractivity contribution in [2.24, 2.45) is 0 Å². The average molecular weight is 279 g/mol. The van der Waals surface area contributed by atoms with Gasteiger partial charge in [0.25, 0.3) is 5.56 Å². The van der Waals surface area contributed by atoms with Crippen molar-refractivity contribution in [1.82, 2.24) is 9.55 Å². The van der Waals surface area contributed by atoms with Crippen molar-refractivity contribution in [3.05, 3.63) is 63.4 Å². The number of nitrogen functional groups attached to an aromatic ring is 1. The zero-order valence-electron chi connectivity index (χ0n) is 12.3. The third-order valence-electron chi connectivity index (χ3n) is 3.64. The molecule has 0 atom stereocenters. The summed E-state index contributed by atoms with van der Waals surface area (Å²) in [4.78, 5) is 17.1. The van der Waals surface area contributed by atoms with E-state index in [4.69, 9.17) is 5.73 Å². The normalized spacial score (nSPS) is 11.0. The number of nitrogens with zero attached hydrogens (tertiary/aromatic N) is 2. The lowest BCUT2D eigenvalue weighted by atomic mass is 10.1. The lowest BCUT2D eigenvalue weighted by molar-refractivity contribution is 0.969. The van der Waals surface area contributed by atoms with Crippen LogP contribution in [0.3, 0.4) is 0 Å². The summed E-state index contributed by atoms with van der Waals surface area (Å²) in [5, 5.41) is 0.587. The molecule has 3 rings (SSSR count). The number of benzene rings is 2. The van der Waals surface area contributed by atoms with E-state index in [1.807, 2.05) is 57.2 Å². The van der Waals surface area contributed by atoms with Crippen LogP contribution in [0.25, 0.3) is 16.6 Å². The van der Waals surface area contributed by atoms with Crippen LogP contribution in [0.2, 0.25) is 0 Å². The largest absolute Gasteiger partial charge is 0.369 e. The van der Waals surface area contributed by atoms with Gasteiger partial charge < -0.3 is 5.73 Å². The smallest absolute Gasteiger partial charge is 0.267 e. The first-order valence-corrected chi connectivity index (χ1v) is 6.84. The molecule has 2 N–H and O–H groups in total. The van der Waals surface area contributed by atoms with E-state index in [-0.39, 0.29) is 11.5 Å². The molecule has 106 valence electrons. The Bertz CT molecular complexity index is 910. The molecule has 1 aromatic heterocycles. The minimum Gasteiger partial charge on any atom is -0.369 e. The summed E-state index contributed by atoms with van der Waals surface area (Å²) in [6, 6.07) is 11.5. The van der Waals surface area contributed by atoms with Crippen molar-refractivity contribution >= 4 is 16.9 Å². The molecule has 0 bridgehead atoms. The number of hydrogen-bond donors (Lipinski definition) is 1. The van der Waals surface area contributed by atoms with Crippen LogP contribution < -0.4 is 11.3 Å². The second-order valence-corrected chi connectivity index (χ2v) is 5.42. The Morgan fingerprint density at radius 2 is 1.67 bits per heavy atom. The van der Waals surface area contributed by atoms with Gasteiger partial charge in [-0.05, 0) is 44.5 Å². The quantitative estimate of drug-likeness (QED) is 0.745. The lowest BCUT2D eigenvalue weighted by Gasteiger charge is -2.13. The molecule has 0 saturated heterocycles. The second-order valence-electron chi connectivity index (χ2n) is 5.42. The molecule has 0 aliphatic rings. The molecule has 1 heterocycles. The topological polar surface area (TPSA) is 60.9 Å². The van der Waals surface area contributed by atoms with Gasteiger partial charge >= 0.3 is 0 Å². The Kier molecular flexibility index (Phi) is 3.01. The van der Waals surface area contributed by atoms with Gasteiger partial charge in [0, 0.05) is 0 Å². The molecular formula is C17H17N3O. The maximum Gasteiger partial charge on any atom is 0.267 e. The lowest BCUT2D eigenvalue weighted by Crippen LogP contribution is -2.23. The highest BCUT2D eigenvalue weighted by Crippen LogP contribution is 2.19. The van der Waals surface area contributed by atoms with Gasteiger partial charge in [-0.25, -0.2) is 9.55 Å². The zero-order chi connectivity index (χ0) is 15.1. The third kappa shape index (κ3) is 2.18. The van der Waals surface area contributed by atoms with Crippen LogP contribution in [0.4, 0.5) is 5.95 Å². The number of rotatable bonds is 1. The third-order valence-corrected chi connectivity index (χ3v) is 3.64. The Morgan fingerprint density at radius 3 is 2.38 bits per heavy atom. The van der Waals surface area contributed by atoms with Crippen LogP contribution in [0.15, 0.2) is 41.2 Å². The van der Waals surface area contributed by atoms with Crippen LogP contribution >= 0.6 is 0 Å². The number of aromatic nitrogens is 2. The molecule has 0 amide bonds. The average Bonchev–Trinajstić information content (AvgIpc) is 2.42. The highest BCUT2D eigenvalue weighted by atomic mass is 16.1. The summed E-state index contributed by atoms with van der Waals surface area (Å²) in [6.45, 7) is 5.94. The Hall–Kier alpha value is -2.62. The first-order chi connectivity index (χ1) is 9.97.